The highest BCUT2D eigenvalue weighted by Crippen LogP contribution is 2.40. The van der Waals surface area contributed by atoms with Crippen molar-refractivity contribution in [2.75, 3.05) is 6.54 Å². The largest absolute Gasteiger partial charge is 0.391 e. The molecule has 0 aliphatic carbocycles. The topological polar surface area (TPSA) is 96.0 Å². The molecule has 194 valence electrons. The molecule has 8 heteroatoms. The predicted molar refractivity (Wildman–Crippen MR) is 144 cm³/mol. The van der Waals surface area contributed by atoms with Gasteiger partial charge >= 0.3 is 0 Å². The molecule has 1 saturated heterocycles. The standard InChI is InChI=1S/C29H33N3O4S/c1-16(2)25(24-12-18(4)31-36-24)27(34)32-15-21(33)13-23(32)22-14-29(5,28(35)30-22)20-8-6-19(7-9-20)26-17(3)10-11-37-26/h6-12,16,21,23,25,33H,13-15H2,1-5H3/t21-,23+,25+,29+/m1/s1. The van der Waals surface area contributed by atoms with Crippen molar-refractivity contribution in [3.05, 3.63) is 64.4 Å². The Kier molecular flexibility index (Phi) is 6.66. The smallest absolute Gasteiger partial charge is 0.256 e. The van der Waals surface area contributed by atoms with Crippen molar-refractivity contribution in [3.63, 3.8) is 0 Å². The van der Waals surface area contributed by atoms with Crippen LogP contribution in [0.4, 0.5) is 0 Å². The van der Waals surface area contributed by atoms with Crippen LogP contribution >= 0.6 is 11.3 Å². The van der Waals surface area contributed by atoms with Crippen LogP contribution in [0.25, 0.3) is 10.4 Å². The van der Waals surface area contributed by atoms with E-state index in [2.05, 4.69) is 40.7 Å². The molecule has 3 aromatic rings. The summed E-state index contributed by atoms with van der Waals surface area (Å²) in [6.07, 6.45) is 0.110. The molecule has 5 rings (SSSR count). The van der Waals surface area contributed by atoms with Crippen LogP contribution in [0.3, 0.4) is 0 Å². The Hall–Kier alpha value is -3.10. The molecule has 1 aromatic carbocycles. The molecule has 7 nitrogen and oxygen atoms in total. The number of nitrogens with zero attached hydrogens (tertiary/aromatic N) is 3. The number of amides is 2. The van der Waals surface area contributed by atoms with Crippen molar-refractivity contribution < 1.29 is 19.2 Å². The number of aliphatic hydroxyl groups is 1. The fraction of sp³-hybridized carbons (Fsp3) is 0.448. The van der Waals surface area contributed by atoms with Gasteiger partial charge in [0.15, 0.2) is 0 Å². The lowest BCUT2D eigenvalue weighted by Gasteiger charge is -2.30. The lowest BCUT2D eigenvalue weighted by Crippen LogP contribution is -2.44. The number of carbonyl (C=O) groups excluding carboxylic acids is 2. The van der Waals surface area contributed by atoms with Gasteiger partial charge in [-0.1, -0.05) is 43.3 Å². The number of aliphatic hydroxyl groups excluding tert-OH is 1. The number of hydrogen-bond donors (Lipinski definition) is 1. The molecule has 37 heavy (non-hydrogen) atoms. The molecule has 4 heterocycles. The molecule has 0 radical (unpaired) electrons. The van der Waals surface area contributed by atoms with Crippen LogP contribution < -0.4 is 0 Å². The summed E-state index contributed by atoms with van der Waals surface area (Å²) in [6, 6.07) is 11.6. The Morgan fingerprint density at radius 3 is 2.54 bits per heavy atom. The van der Waals surface area contributed by atoms with E-state index in [-0.39, 0.29) is 24.3 Å². The number of likely N-dealkylation sites (tertiary alicyclic amines) is 1. The Bertz CT molecular complexity index is 1360. The summed E-state index contributed by atoms with van der Waals surface area (Å²) in [5.41, 5.74) is 3.84. The van der Waals surface area contributed by atoms with Crippen LogP contribution in [-0.2, 0) is 15.0 Å². The molecule has 1 N–H and O–H groups in total. The number of hydrogen-bond acceptors (Lipinski definition) is 6. The third-order valence-electron chi connectivity index (χ3n) is 7.73. The minimum atomic E-state index is -0.805. The van der Waals surface area contributed by atoms with Crippen LogP contribution in [0.15, 0.2) is 51.3 Å². The number of thiophene rings is 1. The predicted octanol–water partition coefficient (Wildman–Crippen LogP) is 5.05. The first-order chi connectivity index (χ1) is 17.6. The van der Waals surface area contributed by atoms with Gasteiger partial charge in [0.2, 0.25) is 5.91 Å². The van der Waals surface area contributed by atoms with Crippen molar-refractivity contribution in [1.82, 2.24) is 10.1 Å². The van der Waals surface area contributed by atoms with Gasteiger partial charge in [0.1, 0.15) is 11.7 Å². The second-order valence-corrected chi connectivity index (χ2v) is 11.8. The van der Waals surface area contributed by atoms with Gasteiger partial charge in [-0.3, -0.25) is 9.59 Å². The van der Waals surface area contributed by atoms with E-state index in [4.69, 9.17) is 4.52 Å². The van der Waals surface area contributed by atoms with Gasteiger partial charge in [-0.25, -0.2) is 4.99 Å². The minimum absolute atomic E-state index is 0.0267. The van der Waals surface area contributed by atoms with Crippen LogP contribution in [-0.4, -0.2) is 51.4 Å². The maximum atomic E-state index is 13.8. The van der Waals surface area contributed by atoms with Gasteiger partial charge in [-0.05, 0) is 54.8 Å². The Morgan fingerprint density at radius 1 is 1.22 bits per heavy atom. The summed E-state index contributed by atoms with van der Waals surface area (Å²) in [5.74, 6) is -0.366. The van der Waals surface area contributed by atoms with Crippen molar-refractivity contribution in [1.29, 1.82) is 0 Å². The molecule has 0 unspecified atom stereocenters. The molecular formula is C29H33N3O4S. The summed E-state index contributed by atoms with van der Waals surface area (Å²) in [4.78, 5) is 34.5. The highest BCUT2D eigenvalue weighted by atomic mass is 32.1. The van der Waals surface area contributed by atoms with Gasteiger partial charge in [0, 0.05) is 36.0 Å². The highest BCUT2D eigenvalue weighted by Gasteiger charge is 2.48. The summed E-state index contributed by atoms with van der Waals surface area (Å²) in [7, 11) is 0. The Balaban J connectivity index is 1.39. The van der Waals surface area contributed by atoms with Crippen LogP contribution in [0.1, 0.15) is 62.1 Å². The minimum Gasteiger partial charge on any atom is -0.391 e. The molecule has 2 aliphatic heterocycles. The van der Waals surface area contributed by atoms with Gasteiger partial charge < -0.3 is 14.5 Å². The van der Waals surface area contributed by atoms with Crippen molar-refractivity contribution in [2.45, 2.75) is 70.9 Å². The average molecular weight is 520 g/mol. The van der Waals surface area contributed by atoms with E-state index in [0.29, 0.717) is 30.0 Å². The van der Waals surface area contributed by atoms with E-state index >= 15 is 0 Å². The van der Waals surface area contributed by atoms with E-state index in [1.54, 1.807) is 22.3 Å². The number of aliphatic imine (C=N–C) groups is 1. The third-order valence-corrected chi connectivity index (χ3v) is 8.80. The van der Waals surface area contributed by atoms with E-state index in [9.17, 15) is 14.7 Å². The Labute approximate surface area is 221 Å². The zero-order valence-corrected chi connectivity index (χ0v) is 22.7. The summed E-state index contributed by atoms with van der Waals surface area (Å²) in [6.45, 7) is 9.98. The van der Waals surface area contributed by atoms with E-state index in [1.807, 2.05) is 39.8 Å². The molecule has 0 spiro atoms. The zero-order chi connectivity index (χ0) is 26.5. The number of β-amino-alcohol motifs (C(OH)–C–C–N with tert-alkyl or cyclic N) is 1. The van der Waals surface area contributed by atoms with Gasteiger partial charge in [-0.15, -0.1) is 11.3 Å². The lowest BCUT2D eigenvalue weighted by atomic mass is 9.78. The fourth-order valence-corrected chi connectivity index (χ4v) is 6.56. The first-order valence-electron chi connectivity index (χ1n) is 12.8. The van der Waals surface area contributed by atoms with Crippen molar-refractivity contribution in [3.8, 4) is 10.4 Å². The average Bonchev–Trinajstić information content (AvgIpc) is 3.62. The Morgan fingerprint density at radius 2 is 1.95 bits per heavy atom. The maximum Gasteiger partial charge on any atom is 0.256 e. The van der Waals surface area contributed by atoms with E-state index < -0.39 is 23.5 Å². The first-order valence-corrected chi connectivity index (χ1v) is 13.6. The molecule has 4 atom stereocenters. The molecule has 0 bridgehead atoms. The molecule has 2 aliphatic rings. The fourth-order valence-electron chi connectivity index (χ4n) is 5.62. The second-order valence-electron chi connectivity index (χ2n) is 10.9. The second kappa shape index (κ2) is 9.65. The molecule has 2 amide bonds. The monoisotopic (exact) mass is 519 g/mol. The van der Waals surface area contributed by atoms with Gasteiger partial charge in [-0.2, -0.15) is 0 Å². The normalized spacial score (nSPS) is 24.7. The van der Waals surface area contributed by atoms with E-state index in [1.165, 1.54) is 10.4 Å². The molecule has 0 saturated carbocycles. The van der Waals surface area contributed by atoms with Gasteiger partial charge in [0.25, 0.3) is 5.91 Å². The summed E-state index contributed by atoms with van der Waals surface area (Å²) >= 11 is 1.70. The third kappa shape index (κ3) is 4.57. The van der Waals surface area contributed by atoms with Crippen molar-refractivity contribution in [2.24, 2.45) is 10.9 Å². The maximum absolute atomic E-state index is 13.8. The molecular weight excluding hydrogens is 486 g/mol. The number of aromatic nitrogens is 1. The number of carbonyl (C=O) groups is 2. The number of aryl methyl sites for hydroxylation is 2. The number of benzene rings is 1. The summed E-state index contributed by atoms with van der Waals surface area (Å²) < 4.78 is 5.46. The zero-order valence-electron chi connectivity index (χ0n) is 21.9. The van der Waals surface area contributed by atoms with Crippen LogP contribution in [0, 0.1) is 19.8 Å². The number of rotatable bonds is 6. The van der Waals surface area contributed by atoms with Crippen LogP contribution in [0.5, 0.6) is 0 Å². The van der Waals surface area contributed by atoms with Crippen molar-refractivity contribution >= 4 is 28.9 Å². The summed E-state index contributed by atoms with van der Waals surface area (Å²) in [5, 5.41) is 16.6. The quantitative estimate of drug-likeness (QED) is 0.492. The first kappa shape index (κ1) is 25.5. The SMILES string of the molecule is Cc1cc([C@@H](C(=O)N2C[C@H](O)C[C@H]2C2=NC(=O)[C@](C)(c3ccc(-c4sccc4C)cc3)C2)C(C)C)on1. The van der Waals surface area contributed by atoms with E-state index in [0.717, 1.165) is 11.1 Å². The highest BCUT2D eigenvalue weighted by molar-refractivity contribution is 7.13. The molecule has 1 fully saturated rings. The molecule has 2 aromatic heterocycles. The lowest BCUT2D eigenvalue weighted by molar-refractivity contribution is -0.134. The van der Waals surface area contributed by atoms with Crippen LogP contribution in [0.2, 0.25) is 0 Å². The van der Waals surface area contributed by atoms with Gasteiger partial charge in [0.05, 0.1) is 23.3 Å².